The third-order valence-electron chi connectivity index (χ3n) is 4.79. The molecule has 0 radical (unpaired) electrons. The summed E-state index contributed by atoms with van der Waals surface area (Å²) in [4.78, 5) is 4.64. The highest BCUT2D eigenvalue weighted by Gasteiger charge is 2.36. The predicted octanol–water partition coefficient (Wildman–Crippen LogP) is 2.97. The Kier molecular flexibility index (Phi) is 3.26. The summed E-state index contributed by atoms with van der Waals surface area (Å²) in [7, 11) is 0. The second kappa shape index (κ2) is 5.26. The molecule has 0 saturated carbocycles. The Labute approximate surface area is 124 Å². The molecule has 1 aromatic carbocycles. The van der Waals surface area contributed by atoms with Crippen LogP contribution in [0.15, 0.2) is 28.8 Å². The summed E-state index contributed by atoms with van der Waals surface area (Å²) < 4.78 is 5.54. The fourth-order valence-corrected chi connectivity index (χ4v) is 3.65. The number of benzene rings is 1. The van der Waals surface area contributed by atoms with Crippen LogP contribution < -0.4 is 5.32 Å². The number of nitrogens with one attached hydrogen (secondary N) is 1. The second-order valence-electron chi connectivity index (χ2n) is 6.52. The maximum absolute atomic E-state index is 5.54. The molecule has 2 unspecified atom stereocenters. The normalized spacial score (nSPS) is 28.0. The first-order valence-electron chi connectivity index (χ1n) is 7.90. The van der Waals surface area contributed by atoms with E-state index >= 15 is 0 Å². The van der Waals surface area contributed by atoms with Gasteiger partial charge in [0.25, 0.3) is 0 Å². The number of hydrogen-bond acceptors (Lipinski definition) is 4. The Balaban J connectivity index is 1.47. The molecule has 4 heteroatoms. The van der Waals surface area contributed by atoms with Gasteiger partial charge in [0.05, 0.1) is 0 Å². The lowest BCUT2D eigenvalue weighted by Crippen LogP contribution is -2.37. The molecule has 2 saturated heterocycles. The Morgan fingerprint density at radius 3 is 2.57 bits per heavy atom. The topological polar surface area (TPSA) is 51.0 Å². The van der Waals surface area contributed by atoms with Crippen LogP contribution >= 0.6 is 0 Å². The summed E-state index contributed by atoms with van der Waals surface area (Å²) in [5.74, 6) is 2.10. The first-order chi connectivity index (χ1) is 10.3. The number of nitrogens with zero attached hydrogens (tertiary/aromatic N) is 2. The lowest BCUT2D eigenvalue weighted by Gasteiger charge is -2.26. The van der Waals surface area contributed by atoms with Crippen LogP contribution in [0.2, 0.25) is 0 Å². The molecule has 2 aromatic rings. The van der Waals surface area contributed by atoms with Crippen molar-refractivity contribution < 1.29 is 4.52 Å². The van der Waals surface area contributed by atoms with Crippen LogP contribution in [0, 0.1) is 6.92 Å². The van der Waals surface area contributed by atoms with E-state index in [1.54, 1.807) is 0 Å². The van der Waals surface area contributed by atoms with Crippen molar-refractivity contribution in [2.45, 2.75) is 57.0 Å². The van der Waals surface area contributed by atoms with Crippen LogP contribution in [0.4, 0.5) is 0 Å². The van der Waals surface area contributed by atoms with Gasteiger partial charge in [-0.2, -0.15) is 4.98 Å². The van der Waals surface area contributed by atoms with Crippen molar-refractivity contribution in [3.05, 3.63) is 47.1 Å². The summed E-state index contributed by atoms with van der Waals surface area (Å²) in [5.41, 5.74) is 2.51. The molecular weight excluding hydrogens is 262 g/mol. The third-order valence-corrected chi connectivity index (χ3v) is 4.79. The number of piperidine rings is 1. The molecule has 2 atom stereocenters. The minimum atomic E-state index is 0.447. The van der Waals surface area contributed by atoms with Gasteiger partial charge in [-0.3, -0.25) is 0 Å². The molecule has 4 rings (SSSR count). The highest BCUT2D eigenvalue weighted by atomic mass is 16.5. The molecule has 2 bridgehead atoms. The van der Waals surface area contributed by atoms with Crippen molar-refractivity contribution in [1.29, 1.82) is 0 Å². The monoisotopic (exact) mass is 283 g/mol. The zero-order valence-electron chi connectivity index (χ0n) is 12.4. The molecule has 0 spiro atoms. The Bertz CT molecular complexity index is 607. The molecule has 21 heavy (non-hydrogen) atoms. The van der Waals surface area contributed by atoms with Gasteiger partial charge in [-0.05, 0) is 38.2 Å². The van der Waals surface area contributed by atoms with Gasteiger partial charge in [0.2, 0.25) is 5.89 Å². The number of aromatic nitrogens is 2. The van der Waals surface area contributed by atoms with Crippen LogP contribution in [0.3, 0.4) is 0 Å². The molecular formula is C17H21N3O. The van der Waals surface area contributed by atoms with Gasteiger partial charge in [0.15, 0.2) is 5.82 Å². The van der Waals surface area contributed by atoms with Crippen molar-refractivity contribution in [2.24, 2.45) is 0 Å². The van der Waals surface area contributed by atoms with E-state index in [0.717, 1.165) is 31.0 Å². The zero-order chi connectivity index (χ0) is 14.2. The Morgan fingerprint density at radius 2 is 1.86 bits per heavy atom. The predicted molar refractivity (Wildman–Crippen MR) is 80.2 cm³/mol. The van der Waals surface area contributed by atoms with Crippen LogP contribution in [-0.2, 0) is 6.42 Å². The molecule has 4 nitrogen and oxygen atoms in total. The van der Waals surface area contributed by atoms with Gasteiger partial charge >= 0.3 is 0 Å². The quantitative estimate of drug-likeness (QED) is 0.941. The van der Waals surface area contributed by atoms with Crippen LogP contribution in [0.5, 0.6) is 0 Å². The van der Waals surface area contributed by atoms with E-state index in [0.29, 0.717) is 18.0 Å². The van der Waals surface area contributed by atoms with Crippen LogP contribution in [-0.4, -0.2) is 22.2 Å². The maximum Gasteiger partial charge on any atom is 0.229 e. The lowest BCUT2D eigenvalue weighted by molar-refractivity contribution is 0.286. The van der Waals surface area contributed by atoms with E-state index in [1.165, 1.54) is 24.0 Å². The summed E-state index contributed by atoms with van der Waals surface area (Å²) in [6, 6.07) is 9.83. The average Bonchev–Trinajstić information content (AvgIpc) is 3.08. The van der Waals surface area contributed by atoms with Crippen molar-refractivity contribution in [1.82, 2.24) is 15.5 Å². The molecule has 0 amide bonds. The summed E-state index contributed by atoms with van der Waals surface area (Å²) in [6.45, 7) is 2.10. The number of fused-ring (bicyclic) bond motifs is 2. The summed E-state index contributed by atoms with van der Waals surface area (Å²) in [5, 5.41) is 7.83. The number of hydrogen-bond donors (Lipinski definition) is 1. The fourth-order valence-electron chi connectivity index (χ4n) is 3.65. The van der Waals surface area contributed by atoms with E-state index in [4.69, 9.17) is 4.52 Å². The first kappa shape index (κ1) is 13.0. The fraction of sp³-hybridized carbons (Fsp3) is 0.529. The van der Waals surface area contributed by atoms with Gasteiger partial charge in [-0.15, -0.1) is 0 Å². The molecule has 110 valence electrons. The van der Waals surface area contributed by atoms with Gasteiger partial charge in [-0.1, -0.05) is 35.0 Å². The summed E-state index contributed by atoms with van der Waals surface area (Å²) >= 11 is 0. The maximum atomic E-state index is 5.54. The van der Waals surface area contributed by atoms with Gasteiger partial charge in [0, 0.05) is 24.4 Å². The standard InChI is InChI=1S/C17H21N3O/c1-11-2-4-12(5-3-11)8-16-19-17(21-20-16)13-9-14-6-7-15(10-13)18-14/h2-5,13-15,18H,6-10H2,1H3. The van der Waals surface area contributed by atoms with Crippen molar-refractivity contribution in [2.75, 3.05) is 0 Å². The molecule has 0 aliphatic carbocycles. The largest absolute Gasteiger partial charge is 0.339 e. The minimum Gasteiger partial charge on any atom is -0.339 e. The van der Waals surface area contributed by atoms with Crippen molar-refractivity contribution in [3.8, 4) is 0 Å². The second-order valence-corrected chi connectivity index (χ2v) is 6.52. The molecule has 1 aromatic heterocycles. The van der Waals surface area contributed by atoms with Crippen LogP contribution in [0.1, 0.15) is 54.4 Å². The molecule has 1 N–H and O–H groups in total. The third kappa shape index (κ3) is 2.72. The minimum absolute atomic E-state index is 0.447. The SMILES string of the molecule is Cc1ccc(Cc2noc(C3CC4CCC(C3)N4)n2)cc1. The van der Waals surface area contributed by atoms with E-state index in [9.17, 15) is 0 Å². The highest BCUT2D eigenvalue weighted by Crippen LogP contribution is 2.36. The van der Waals surface area contributed by atoms with Crippen LogP contribution in [0.25, 0.3) is 0 Å². The van der Waals surface area contributed by atoms with E-state index in [-0.39, 0.29) is 0 Å². The van der Waals surface area contributed by atoms with E-state index < -0.39 is 0 Å². The molecule has 2 aliphatic heterocycles. The van der Waals surface area contributed by atoms with Crippen molar-refractivity contribution in [3.63, 3.8) is 0 Å². The van der Waals surface area contributed by atoms with E-state index in [1.807, 2.05) is 0 Å². The van der Waals surface area contributed by atoms with Gasteiger partial charge in [0.1, 0.15) is 0 Å². The van der Waals surface area contributed by atoms with Crippen molar-refractivity contribution >= 4 is 0 Å². The lowest BCUT2D eigenvalue weighted by atomic mass is 9.92. The van der Waals surface area contributed by atoms with Gasteiger partial charge < -0.3 is 9.84 Å². The molecule has 2 aliphatic rings. The smallest absolute Gasteiger partial charge is 0.229 e. The Hall–Kier alpha value is -1.68. The Morgan fingerprint density at radius 1 is 1.14 bits per heavy atom. The van der Waals surface area contributed by atoms with E-state index in [2.05, 4.69) is 46.6 Å². The molecule has 3 heterocycles. The summed E-state index contributed by atoms with van der Waals surface area (Å²) in [6.07, 6.45) is 5.63. The number of rotatable bonds is 3. The van der Waals surface area contributed by atoms with Gasteiger partial charge in [-0.25, -0.2) is 0 Å². The first-order valence-corrected chi connectivity index (χ1v) is 7.90. The zero-order valence-corrected chi connectivity index (χ0v) is 12.4. The average molecular weight is 283 g/mol. The number of aryl methyl sites for hydroxylation is 1. The highest BCUT2D eigenvalue weighted by molar-refractivity contribution is 5.23. The molecule has 2 fully saturated rings.